The van der Waals surface area contributed by atoms with Crippen molar-refractivity contribution in [2.24, 2.45) is 0 Å². The molecule has 110 valence electrons. The first-order chi connectivity index (χ1) is 9.49. The monoisotopic (exact) mass is 298 g/mol. The Hall–Kier alpha value is -1.75. The summed E-state index contributed by atoms with van der Waals surface area (Å²) in [6, 6.07) is 4.78. The van der Waals surface area contributed by atoms with Crippen molar-refractivity contribution >= 4 is 29.2 Å². The van der Waals surface area contributed by atoms with Gasteiger partial charge >= 0.3 is 5.97 Å². The van der Waals surface area contributed by atoms with Crippen molar-refractivity contribution in [3.63, 3.8) is 0 Å². The van der Waals surface area contributed by atoms with Crippen molar-refractivity contribution < 1.29 is 14.3 Å². The molecule has 0 spiro atoms. The average Bonchev–Trinajstić information content (AvgIpc) is 2.45. The second-order valence-electron chi connectivity index (χ2n) is 4.37. The SMILES string of the molecule is CCC(CC)NC(=O)COC(=O)c1cccc(N)c1Cl. The summed E-state index contributed by atoms with van der Waals surface area (Å²) in [6.45, 7) is 3.63. The molecule has 0 radical (unpaired) electrons. The summed E-state index contributed by atoms with van der Waals surface area (Å²) in [5.41, 5.74) is 6.05. The van der Waals surface area contributed by atoms with Crippen LogP contribution in [0.4, 0.5) is 5.69 Å². The Bertz CT molecular complexity index is 487. The molecule has 5 nitrogen and oxygen atoms in total. The molecule has 0 saturated carbocycles. The molecule has 0 saturated heterocycles. The fourth-order valence-corrected chi connectivity index (χ4v) is 1.88. The number of carbonyl (C=O) groups is 2. The average molecular weight is 299 g/mol. The number of nitrogen functional groups attached to an aromatic ring is 1. The number of rotatable bonds is 6. The van der Waals surface area contributed by atoms with Gasteiger partial charge in [-0.15, -0.1) is 0 Å². The summed E-state index contributed by atoms with van der Waals surface area (Å²) in [5.74, 6) is -0.992. The van der Waals surface area contributed by atoms with E-state index in [4.69, 9.17) is 22.1 Å². The van der Waals surface area contributed by atoms with Crippen LogP contribution in [0.2, 0.25) is 5.02 Å². The molecule has 1 amide bonds. The van der Waals surface area contributed by atoms with Gasteiger partial charge in [-0.3, -0.25) is 4.79 Å². The van der Waals surface area contributed by atoms with E-state index in [1.807, 2.05) is 13.8 Å². The third-order valence-corrected chi connectivity index (χ3v) is 3.36. The maximum Gasteiger partial charge on any atom is 0.340 e. The van der Waals surface area contributed by atoms with Gasteiger partial charge in [0.2, 0.25) is 0 Å². The molecule has 0 fully saturated rings. The number of hydrogen-bond donors (Lipinski definition) is 2. The van der Waals surface area contributed by atoms with Crippen molar-refractivity contribution in [2.45, 2.75) is 32.7 Å². The number of benzene rings is 1. The molecule has 0 unspecified atom stereocenters. The number of hydrogen-bond acceptors (Lipinski definition) is 4. The zero-order valence-corrected chi connectivity index (χ0v) is 12.4. The minimum Gasteiger partial charge on any atom is -0.452 e. The third kappa shape index (κ3) is 4.42. The Morgan fingerprint density at radius 2 is 2.00 bits per heavy atom. The van der Waals surface area contributed by atoms with E-state index in [2.05, 4.69) is 5.32 Å². The Balaban J connectivity index is 2.55. The summed E-state index contributed by atoms with van der Waals surface area (Å²) < 4.78 is 4.92. The van der Waals surface area contributed by atoms with E-state index in [9.17, 15) is 9.59 Å². The fourth-order valence-electron chi connectivity index (χ4n) is 1.68. The Kier molecular flexibility index (Phi) is 6.31. The van der Waals surface area contributed by atoms with E-state index >= 15 is 0 Å². The number of esters is 1. The zero-order valence-electron chi connectivity index (χ0n) is 11.6. The van der Waals surface area contributed by atoms with Gasteiger partial charge in [-0.2, -0.15) is 0 Å². The van der Waals surface area contributed by atoms with Crippen LogP contribution in [0.3, 0.4) is 0 Å². The number of carbonyl (C=O) groups excluding carboxylic acids is 2. The van der Waals surface area contributed by atoms with Gasteiger partial charge in [0.25, 0.3) is 5.91 Å². The van der Waals surface area contributed by atoms with E-state index in [-0.39, 0.29) is 29.1 Å². The lowest BCUT2D eigenvalue weighted by molar-refractivity contribution is -0.125. The second kappa shape index (κ2) is 7.75. The highest BCUT2D eigenvalue weighted by Crippen LogP contribution is 2.23. The molecule has 0 heterocycles. The van der Waals surface area contributed by atoms with Crippen molar-refractivity contribution in [1.82, 2.24) is 5.32 Å². The fraction of sp³-hybridized carbons (Fsp3) is 0.429. The number of nitrogens with two attached hydrogens (primary N) is 1. The first-order valence-electron chi connectivity index (χ1n) is 6.50. The predicted octanol–water partition coefficient (Wildman–Crippen LogP) is 2.38. The Morgan fingerprint density at radius 1 is 1.35 bits per heavy atom. The number of anilines is 1. The van der Waals surface area contributed by atoms with E-state index in [0.717, 1.165) is 12.8 Å². The van der Waals surface area contributed by atoms with Gasteiger partial charge in [0.05, 0.1) is 16.3 Å². The highest BCUT2D eigenvalue weighted by atomic mass is 35.5. The molecule has 6 heteroatoms. The lowest BCUT2D eigenvalue weighted by Gasteiger charge is -2.14. The van der Waals surface area contributed by atoms with Crippen LogP contribution in [0.25, 0.3) is 0 Å². The highest BCUT2D eigenvalue weighted by molar-refractivity contribution is 6.36. The molecule has 20 heavy (non-hydrogen) atoms. The van der Waals surface area contributed by atoms with Gasteiger partial charge in [0, 0.05) is 6.04 Å². The first kappa shape index (κ1) is 16.3. The van der Waals surface area contributed by atoms with Gasteiger partial charge in [0.1, 0.15) is 0 Å². The van der Waals surface area contributed by atoms with Gasteiger partial charge in [-0.05, 0) is 25.0 Å². The maximum absolute atomic E-state index is 11.8. The summed E-state index contributed by atoms with van der Waals surface area (Å²) in [7, 11) is 0. The van der Waals surface area contributed by atoms with Crippen LogP contribution in [-0.2, 0) is 9.53 Å². The van der Waals surface area contributed by atoms with E-state index < -0.39 is 5.97 Å². The van der Waals surface area contributed by atoms with Crippen LogP contribution in [-0.4, -0.2) is 24.5 Å². The number of amides is 1. The molecule has 0 aliphatic heterocycles. The summed E-state index contributed by atoms with van der Waals surface area (Å²) in [5, 5.41) is 2.91. The number of nitrogens with one attached hydrogen (secondary N) is 1. The van der Waals surface area contributed by atoms with Crippen LogP contribution in [0.1, 0.15) is 37.0 Å². The third-order valence-electron chi connectivity index (χ3n) is 2.93. The van der Waals surface area contributed by atoms with Gasteiger partial charge in [-0.25, -0.2) is 4.79 Å². The van der Waals surface area contributed by atoms with E-state index in [1.54, 1.807) is 12.1 Å². The topological polar surface area (TPSA) is 81.4 Å². The molecule has 0 bridgehead atoms. The van der Waals surface area contributed by atoms with Gasteiger partial charge < -0.3 is 15.8 Å². The minimum absolute atomic E-state index is 0.0946. The molecule has 1 rings (SSSR count). The van der Waals surface area contributed by atoms with Crippen molar-refractivity contribution in [1.29, 1.82) is 0 Å². The molecule has 1 aromatic rings. The van der Waals surface area contributed by atoms with Crippen LogP contribution in [0, 0.1) is 0 Å². The van der Waals surface area contributed by atoms with Crippen molar-refractivity contribution in [3.05, 3.63) is 28.8 Å². The molecule has 0 aromatic heterocycles. The Morgan fingerprint density at radius 3 is 2.60 bits per heavy atom. The van der Waals surface area contributed by atoms with Gasteiger partial charge in [-0.1, -0.05) is 31.5 Å². The normalized spacial score (nSPS) is 10.4. The molecule has 1 aromatic carbocycles. The number of halogens is 1. The largest absolute Gasteiger partial charge is 0.452 e. The summed E-state index contributed by atoms with van der Waals surface area (Å²) in [6.07, 6.45) is 1.66. The molecule has 3 N–H and O–H groups in total. The quantitative estimate of drug-likeness (QED) is 0.624. The lowest BCUT2D eigenvalue weighted by Crippen LogP contribution is -2.36. The minimum atomic E-state index is -0.665. The van der Waals surface area contributed by atoms with Crippen LogP contribution in [0.5, 0.6) is 0 Å². The van der Waals surface area contributed by atoms with E-state index in [0.29, 0.717) is 5.69 Å². The molecule has 0 aliphatic rings. The molecular formula is C14H19ClN2O3. The standard InChI is InChI=1S/C14H19ClN2O3/c1-3-9(4-2)17-12(18)8-20-14(19)10-6-5-7-11(16)13(10)15/h5-7,9H,3-4,8,16H2,1-2H3,(H,17,18). The number of ether oxygens (including phenoxy) is 1. The van der Waals surface area contributed by atoms with E-state index in [1.165, 1.54) is 6.07 Å². The zero-order chi connectivity index (χ0) is 15.1. The smallest absolute Gasteiger partial charge is 0.340 e. The first-order valence-corrected chi connectivity index (χ1v) is 6.87. The van der Waals surface area contributed by atoms with Crippen LogP contribution in [0.15, 0.2) is 18.2 Å². The summed E-state index contributed by atoms with van der Waals surface area (Å²) in [4.78, 5) is 23.4. The van der Waals surface area contributed by atoms with Crippen LogP contribution >= 0.6 is 11.6 Å². The molecule has 0 atom stereocenters. The van der Waals surface area contributed by atoms with Gasteiger partial charge in [0.15, 0.2) is 6.61 Å². The highest BCUT2D eigenvalue weighted by Gasteiger charge is 2.16. The predicted molar refractivity (Wildman–Crippen MR) is 78.7 cm³/mol. The maximum atomic E-state index is 11.8. The lowest BCUT2D eigenvalue weighted by atomic mass is 10.2. The summed E-state index contributed by atoms with van der Waals surface area (Å²) >= 11 is 5.91. The Labute approximate surface area is 123 Å². The second-order valence-corrected chi connectivity index (χ2v) is 4.74. The van der Waals surface area contributed by atoms with Crippen molar-refractivity contribution in [3.8, 4) is 0 Å². The van der Waals surface area contributed by atoms with Crippen LogP contribution < -0.4 is 11.1 Å². The van der Waals surface area contributed by atoms with Crippen molar-refractivity contribution in [2.75, 3.05) is 12.3 Å². The molecule has 0 aliphatic carbocycles. The molecular weight excluding hydrogens is 280 g/mol.